The quantitative estimate of drug-likeness (QED) is 0.724. The summed E-state index contributed by atoms with van der Waals surface area (Å²) in [5.41, 5.74) is 2.34. The monoisotopic (exact) mass is 435 g/mol. The number of thioether (sulfide) groups is 1. The predicted molar refractivity (Wildman–Crippen MR) is 109 cm³/mol. The number of nitrogens with zero attached hydrogens (tertiary/aromatic N) is 2. The molecule has 0 spiro atoms. The van der Waals surface area contributed by atoms with Gasteiger partial charge in [0.1, 0.15) is 0 Å². The molecule has 1 aromatic heterocycles. The van der Waals surface area contributed by atoms with E-state index in [0.717, 1.165) is 21.4 Å². The first-order chi connectivity index (χ1) is 12.1. The molecule has 1 unspecified atom stereocenters. The number of hydrogen-bond donors (Lipinski definition) is 1. The average molecular weight is 436 g/mol. The number of amides is 1. The van der Waals surface area contributed by atoms with Crippen LogP contribution in [0.2, 0.25) is 0 Å². The Hall–Kier alpha value is -1.60. The summed E-state index contributed by atoms with van der Waals surface area (Å²) in [7, 11) is 0. The number of fused-ring (bicyclic) bond motifs is 1. The molecule has 5 nitrogen and oxygen atoms in total. The SMILES string of the molecule is Cc1cc(NC(=O)C2CSc3nc(C(C)(C)C)cc(=O)n3C2)ccc1Br. The van der Waals surface area contributed by atoms with E-state index >= 15 is 0 Å². The van der Waals surface area contributed by atoms with Gasteiger partial charge in [0.15, 0.2) is 5.16 Å². The number of carbonyl (C=O) groups excluding carboxylic acids is 1. The molecule has 0 fully saturated rings. The first-order valence-corrected chi connectivity index (χ1v) is 10.2. The summed E-state index contributed by atoms with van der Waals surface area (Å²) in [5, 5.41) is 3.66. The highest BCUT2D eigenvalue weighted by molar-refractivity contribution is 9.10. The van der Waals surface area contributed by atoms with Crippen LogP contribution in [0.15, 0.2) is 38.7 Å². The molecule has 0 saturated carbocycles. The Kier molecular flexibility index (Phi) is 5.30. The van der Waals surface area contributed by atoms with Crippen LogP contribution < -0.4 is 10.9 Å². The summed E-state index contributed by atoms with van der Waals surface area (Å²) in [6.45, 7) is 8.45. The molecule has 2 aromatic rings. The Balaban J connectivity index is 1.78. The number of halogens is 1. The van der Waals surface area contributed by atoms with Crippen molar-refractivity contribution in [3.63, 3.8) is 0 Å². The Bertz CT molecular complexity index is 918. The molecule has 1 aromatic carbocycles. The Morgan fingerprint density at radius 1 is 1.35 bits per heavy atom. The van der Waals surface area contributed by atoms with Crippen LogP contribution in [-0.2, 0) is 16.8 Å². The van der Waals surface area contributed by atoms with Gasteiger partial charge >= 0.3 is 0 Å². The van der Waals surface area contributed by atoms with Crippen LogP contribution in [0.25, 0.3) is 0 Å². The van der Waals surface area contributed by atoms with Gasteiger partial charge in [-0.05, 0) is 30.7 Å². The number of aryl methyl sites for hydroxylation is 1. The Labute approximate surface area is 165 Å². The van der Waals surface area contributed by atoms with Gasteiger partial charge in [0, 0.05) is 33.9 Å². The summed E-state index contributed by atoms with van der Waals surface area (Å²) in [6.07, 6.45) is 0. The van der Waals surface area contributed by atoms with Crippen LogP contribution in [0.5, 0.6) is 0 Å². The number of anilines is 1. The molecule has 0 aliphatic carbocycles. The van der Waals surface area contributed by atoms with Crippen molar-refractivity contribution in [3.05, 3.63) is 50.3 Å². The first kappa shape index (κ1) is 19.2. The third-order valence-electron chi connectivity index (χ3n) is 4.35. The minimum Gasteiger partial charge on any atom is -0.326 e. The molecule has 1 N–H and O–H groups in total. The van der Waals surface area contributed by atoms with E-state index in [1.165, 1.54) is 11.8 Å². The van der Waals surface area contributed by atoms with Crippen LogP contribution in [0.3, 0.4) is 0 Å². The second-order valence-corrected chi connectivity index (χ2v) is 9.43. The van der Waals surface area contributed by atoms with E-state index < -0.39 is 0 Å². The molecule has 1 aliphatic heterocycles. The number of benzene rings is 1. The zero-order valence-corrected chi connectivity index (χ0v) is 17.7. The number of hydrogen-bond acceptors (Lipinski definition) is 4. The Morgan fingerprint density at radius 2 is 2.08 bits per heavy atom. The van der Waals surface area contributed by atoms with Gasteiger partial charge in [0.25, 0.3) is 5.56 Å². The van der Waals surface area contributed by atoms with Gasteiger partial charge in [-0.25, -0.2) is 4.98 Å². The summed E-state index contributed by atoms with van der Waals surface area (Å²) in [6, 6.07) is 7.29. The molecule has 1 atom stereocenters. The maximum Gasteiger partial charge on any atom is 0.254 e. The molecule has 1 aliphatic rings. The summed E-state index contributed by atoms with van der Waals surface area (Å²) in [5.74, 6) is 0.273. The lowest BCUT2D eigenvalue weighted by Crippen LogP contribution is -2.37. The first-order valence-electron chi connectivity index (χ1n) is 8.47. The molecule has 1 amide bonds. The van der Waals surface area contributed by atoms with E-state index in [1.807, 2.05) is 45.9 Å². The van der Waals surface area contributed by atoms with Crippen LogP contribution >= 0.6 is 27.7 Å². The second kappa shape index (κ2) is 7.19. The lowest BCUT2D eigenvalue weighted by atomic mass is 9.92. The molecule has 0 bridgehead atoms. The van der Waals surface area contributed by atoms with Gasteiger partial charge in [-0.3, -0.25) is 14.2 Å². The molecule has 7 heteroatoms. The number of nitrogens with one attached hydrogen (secondary N) is 1. The van der Waals surface area contributed by atoms with Crippen LogP contribution in [0.1, 0.15) is 32.0 Å². The molecular formula is C19H22BrN3O2S. The largest absolute Gasteiger partial charge is 0.326 e. The number of aromatic nitrogens is 2. The fraction of sp³-hybridized carbons (Fsp3) is 0.421. The van der Waals surface area contributed by atoms with Crippen molar-refractivity contribution >= 4 is 39.3 Å². The zero-order chi connectivity index (χ0) is 19.1. The van der Waals surface area contributed by atoms with Crippen LogP contribution in [-0.4, -0.2) is 21.2 Å². The van der Waals surface area contributed by atoms with E-state index in [0.29, 0.717) is 17.5 Å². The average Bonchev–Trinajstić information content (AvgIpc) is 2.57. The highest BCUT2D eigenvalue weighted by atomic mass is 79.9. The van der Waals surface area contributed by atoms with E-state index in [4.69, 9.17) is 0 Å². The van der Waals surface area contributed by atoms with Gasteiger partial charge in [-0.2, -0.15) is 0 Å². The molecule has 0 radical (unpaired) electrons. The van der Waals surface area contributed by atoms with Gasteiger partial charge in [-0.1, -0.05) is 48.5 Å². The van der Waals surface area contributed by atoms with Gasteiger partial charge in [0.05, 0.1) is 11.6 Å². The smallest absolute Gasteiger partial charge is 0.254 e. The van der Waals surface area contributed by atoms with Crippen molar-refractivity contribution in [3.8, 4) is 0 Å². The standard InChI is InChI=1S/C19H22BrN3O2S/c1-11-7-13(5-6-14(11)20)21-17(25)12-9-23-16(24)8-15(19(2,3)4)22-18(23)26-10-12/h5-8,12H,9-10H2,1-4H3,(H,21,25). The maximum atomic E-state index is 12.6. The lowest BCUT2D eigenvalue weighted by Gasteiger charge is -2.26. The third kappa shape index (κ3) is 4.04. The van der Waals surface area contributed by atoms with Gasteiger partial charge in [0.2, 0.25) is 5.91 Å². The summed E-state index contributed by atoms with van der Waals surface area (Å²) >= 11 is 4.93. The predicted octanol–water partition coefficient (Wildman–Crippen LogP) is 3.97. The molecule has 2 heterocycles. The van der Waals surface area contributed by atoms with Crippen LogP contribution in [0, 0.1) is 12.8 Å². The fourth-order valence-electron chi connectivity index (χ4n) is 2.72. The minimum atomic E-state index is -0.267. The summed E-state index contributed by atoms with van der Waals surface area (Å²) in [4.78, 5) is 29.8. The van der Waals surface area contributed by atoms with Crippen LogP contribution in [0.4, 0.5) is 5.69 Å². The molecule has 3 rings (SSSR count). The molecule has 138 valence electrons. The lowest BCUT2D eigenvalue weighted by molar-refractivity contribution is -0.119. The second-order valence-electron chi connectivity index (χ2n) is 7.58. The highest BCUT2D eigenvalue weighted by Gasteiger charge is 2.28. The van der Waals surface area contributed by atoms with E-state index in [9.17, 15) is 9.59 Å². The summed E-state index contributed by atoms with van der Waals surface area (Å²) < 4.78 is 2.62. The van der Waals surface area contributed by atoms with Gasteiger partial charge in [-0.15, -0.1) is 0 Å². The van der Waals surface area contributed by atoms with Crippen molar-refractivity contribution in [2.75, 3.05) is 11.1 Å². The van der Waals surface area contributed by atoms with E-state index in [2.05, 4.69) is 26.2 Å². The number of rotatable bonds is 2. The van der Waals surface area contributed by atoms with Gasteiger partial charge < -0.3 is 5.32 Å². The zero-order valence-electron chi connectivity index (χ0n) is 15.3. The Morgan fingerprint density at radius 3 is 2.73 bits per heavy atom. The highest BCUT2D eigenvalue weighted by Crippen LogP contribution is 2.29. The van der Waals surface area contributed by atoms with Crippen molar-refractivity contribution in [1.82, 2.24) is 9.55 Å². The van der Waals surface area contributed by atoms with Crippen molar-refractivity contribution in [1.29, 1.82) is 0 Å². The fourth-order valence-corrected chi connectivity index (χ4v) is 4.06. The normalized spacial score (nSPS) is 16.9. The van der Waals surface area contributed by atoms with Crippen molar-refractivity contribution < 1.29 is 4.79 Å². The minimum absolute atomic E-state index is 0.0725. The molecule has 0 saturated heterocycles. The molecular weight excluding hydrogens is 414 g/mol. The van der Waals surface area contributed by atoms with E-state index in [-0.39, 0.29) is 22.8 Å². The third-order valence-corrected chi connectivity index (χ3v) is 6.38. The van der Waals surface area contributed by atoms with Crippen molar-refractivity contribution in [2.24, 2.45) is 5.92 Å². The van der Waals surface area contributed by atoms with E-state index in [1.54, 1.807) is 10.6 Å². The maximum absolute atomic E-state index is 12.6. The topological polar surface area (TPSA) is 64.0 Å². The number of carbonyl (C=O) groups is 1. The van der Waals surface area contributed by atoms with Crippen molar-refractivity contribution in [2.45, 2.75) is 44.8 Å². The molecule has 26 heavy (non-hydrogen) atoms.